The van der Waals surface area contributed by atoms with Gasteiger partial charge in [0, 0.05) is 31.7 Å². The molecule has 0 saturated carbocycles. The second-order valence-corrected chi connectivity index (χ2v) is 6.06. The molecule has 3 N–H and O–H groups in total. The van der Waals surface area contributed by atoms with Crippen LogP contribution in [0, 0.1) is 0 Å². The van der Waals surface area contributed by atoms with Gasteiger partial charge in [-0.1, -0.05) is 0 Å². The molecule has 1 amide bonds. The predicted octanol–water partition coefficient (Wildman–Crippen LogP) is 1.23. The van der Waals surface area contributed by atoms with Crippen molar-refractivity contribution >= 4 is 22.6 Å². The Morgan fingerprint density at radius 3 is 2.62 bits per heavy atom. The number of nitrogens with zero attached hydrogens (tertiary/aromatic N) is 2. The molecule has 2 rings (SSSR count). The van der Waals surface area contributed by atoms with E-state index in [1.165, 1.54) is 6.92 Å². The van der Waals surface area contributed by atoms with Crippen LogP contribution in [0.1, 0.15) is 27.2 Å². The van der Waals surface area contributed by atoms with E-state index >= 15 is 0 Å². The van der Waals surface area contributed by atoms with Crippen LogP contribution in [0.5, 0.6) is 0 Å². The third-order valence-electron chi connectivity index (χ3n) is 3.64. The molecule has 0 saturated heterocycles. The number of benzene rings is 1. The Balaban J connectivity index is 2.35. The minimum Gasteiger partial charge on any atom is -0.399 e. The number of nitrogen functional groups attached to an aromatic ring is 1. The van der Waals surface area contributed by atoms with E-state index in [0.717, 1.165) is 11.0 Å². The molecule has 1 aromatic carbocycles. The van der Waals surface area contributed by atoms with Crippen LogP contribution in [0.15, 0.2) is 23.0 Å². The van der Waals surface area contributed by atoms with Crippen LogP contribution in [0.3, 0.4) is 0 Å². The van der Waals surface area contributed by atoms with Gasteiger partial charge in [0.25, 0.3) is 0 Å². The number of anilines is 1. The van der Waals surface area contributed by atoms with E-state index in [9.17, 15) is 9.59 Å². The van der Waals surface area contributed by atoms with Crippen LogP contribution in [0.4, 0.5) is 5.69 Å². The maximum Gasteiger partial charge on any atom is 0.328 e. The molecule has 0 aliphatic carbocycles. The zero-order valence-electron chi connectivity index (χ0n) is 12.9. The summed E-state index contributed by atoms with van der Waals surface area (Å²) in [5.41, 5.74) is 7.68. The Morgan fingerprint density at radius 1 is 1.33 bits per heavy atom. The molecule has 0 aliphatic heterocycles. The number of carbonyl (C=O) groups is 1. The van der Waals surface area contributed by atoms with Gasteiger partial charge < -0.3 is 11.1 Å². The van der Waals surface area contributed by atoms with Crippen molar-refractivity contribution < 1.29 is 4.79 Å². The van der Waals surface area contributed by atoms with Crippen molar-refractivity contribution in [1.82, 2.24) is 14.5 Å². The zero-order valence-corrected chi connectivity index (χ0v) is 12.9. The van der Waals surface area contributed by atoms with Crippen LogP contribution in [-0.4, -0.2) is 20.6 Å². The average Bonchev–Trinajstić information content (AvgIpc) is 2.58. The van der Waals surface area contributed by atoms with E-state index in [2.05, 4.69) is 5.32 Å². The Morgan fingerprint density at radius 2 is 2.00 bits per heavy atom. The third-order valence-corrected chi connectivity index (χ3v) is 3.64. The molecule has 0 bridgehead atoms. The number of carbonyl (C=O) groups excluding carboxylic acids is 1. The lowest BCUT2D eigenvalue weighted by Crippen LogP contribution is -2.43. The summed E-state index contributed by atoms with van der Waals surface area (Å²) in [6, 6.07) is 5.44. The monoisotopic (exact) mass is 290 g/mol. The van der Waals surface area contributed by atoms with Gasteiger partial charge in [0.15, 0.2) is 0 Å². The lowest BCUT2D eigenvalue weighted by Gasteiger charge is -2.25. The summed E-state index contributed by atoms with van der Waals surface area (Å²) in [7, 11) is 1.75. The van der Waals surface area contributed by atoms with Gasteiger partial charge in [0.1, 0.15) is 0 Å². The predicted molar refractivity (Wildman–Crippen MR) is 84.1 cm³/mol. The van der Waals surface area contributed by atoms with Crippen LogP contribution in [0.2, 0.25) is 0 Å². The van der Waals surface area contributed by atoms with E-state index in [1.807, 2.05) is 26.0 Å². The summed E-state index contributed by atoms with van der Waals surface area (Å²) in [4.78, 5) is 23.5. The van der Waals surface area contributed by atoms with E-state index in [1.54, 1.807) is 22.2 Å². The summed E-state index contributed by atoms with van der Waals surface area (Å²) in [6.45, 7) is 5.90. The van der Waals surface area contributed by atoms with Crippen molar-refractivity contribution in [3.05, 3.63) is 28.7 Å². The zero-order chi connectivity index (χ0) is 15.8. The highest BCUT2D eigenvalue weighted by atomic mass is 16.2. The molecule has 1 aromatic heterocycles. The second-order valence-electron chi connectivity index (χ2n) is 6.06. The number of nitrogens with two attached hydrogens (primary N) is 1. The maximum atomic E-state index is 12.3. The van der Waals surface area contributed by atoms with Crippen LogP contribution >= 0.6 is 0 Å². The molecule has 114 valence electrons. The normalized spacial score (nSPS) is 11.8. The highest BCUT2D eigenvalue weighted by Gasteiger charge is 2.20. The molecule has 0 radical (unpaired) electrons. The molecule has 0 fully saturated rings. The number of rotatable bonds is 4. The number of imidazole rings is 1. The highest BCUT2D eigenvalue weighted by molar-refractivity contribution is 5.79. The van der Waals surface area contributed by atoms with Gasteiger partial charge >= 0.3 is 5.69 Å². The molecule has 0 atom stereocenters. The van der Waals surface area contributed by atoms with Gasteiger partial charge in [-0.25, -0.2) is 4.79 Å². The minimum atomic E-state index is -0.367. The van der Waals surface area contributed by atoms with Gasteiger partial charge in [-0.05, 0) is 38.5 Å². The average molecular weight is 290 g/mol. The second kappa shape index (κ2) is 5.27. The van der Waals surface area contributed by atoms with E-state index in [4.69, 9.17) is 5.73 Å². The van der Waals surface area contributed by atoms with Gasteiger partial charge in [0.05, 0.1) is 11.0 Å². The summed E-state index contributed by atoms with van der Waals surface area (Å²) < 4.78 is 3.31. The molecular formula is C15H22N4O2. The number of nitrogens with one attached hydrogen (secondary N) is 1. The number of aromatic nitrogens is 2. The van der Waals surface area contributed by atoms with Crippen molar-refractivity contribution in [1.29, 1.82) is 0 Å². The Kier molecular flexibility index (Phi) is 3.80. The Bertz CT molecular complexity index is 740. The van der Waals surface area contributed by atoms with Crippen LogP contribution in [0.25, 0.3) is 11.0 Å². The number of amides is 1. The summed E-state index contributed by atoms with van der Waals surface area (Å²) >= 11 is 0. The lowest BCUT2D eigenvalue weighted by atomic mass is 10.0. The van der Waals surface area contributed by atoms with E-state index < -0.39 is 0 Å². The smallest absolute Gasteiger partial charge is 0.328 e. The topological polar surface area (TPSA) is 82.0 Å². The standard InChI is InChI=1S/C15H22N4O2/c1-10(20)17-15(2,3)7-8-19-13-9-11(16)5-6-12(13)18(4)14(19)21/h5-6,9H,7-8,16H2,1-4H3,(H,17,20). The highest BCUT2D eigenvalue weighted by Crippen LogP contribution is 2.18. The summed E-state index contributed by atoms with van der Waals surface area (Å²) in [6.07, 6.45) is 0.653. The molecule has 2 aromatic rings. The molecule has 0 spiro atoms. The first-order valence-electron chi connectivity index (χ1n) is 6.95. The molecular weight excluding hydrogens is 268 g/mol. The molecule has 6 nitrogen and oxygen atoms in total. The lowest BCUT2D eigenvalue weighted by molar-refractivity contribution is -0.120. The van der Waals surface area contributed by atoms with Crippen molar-refractivity contribution in [2.45, 2.75) is 39.3 Å². The van der Waals surface area contributed by atoms with Gasteiger partial charge in [-0.15, -0.1) is 0 Å². The first kappa shape index (κ1) is 15.2. The van der Waals surface area contributed by atoms with Gasteiger partial charge in [-0.3, -0.25) is 13.9 Å². The first-order chi connectivity index (χ1) is 9.71. The number of aryl methyl sites for hydroxylation is 2. The van der Waals surface area contributed by atoms with E-state index in [0.29, 0.717) is 18.7 Å². The van der Waals surface area contributed by atoms with E-state index in [-0.39, 0.29) is 17.1 Å². The van der Waals surface area contributed by atoms with Gasteiger partial charge in [-0.2, -0.15) is 0 Å². The number of fused-ring (bicyclic) bond motifs is 1. The molecule has 6 heteroatoms. The number of hydrogen-bond acceptors (Lipinski definition) is 3. The Hall–Kier alpha value is -2.24. The Labute approximate surface area is 123 Å². The number of hydrogen-bond donors (Lipinski definition) is 2. The summed E-state index contributed by atoms with van der Waals surface area (Å²) in [5, 5.41) is 2.89. The molecule has 0 unspecified atom stereocenters. The van der Waals surface area contributed by atoms with Crippen molar-refractivity contribution in [3.63, 3.8) is 0 Å². The third kappa shape index (κ3) is 3.09. The van der Waals surface area contributed by atoms with Crippen molar-refractivity contribution in [3.8, 4) is 0 Å². The fourth-order valence-electron chi connectivity index (χ4n) is 2.57. The fraction of sp³-hybridized carbons (Fsp3) is 0.467. The van der Waals surface area contributed by atoms with Gasteiger partial charge in [0.2, 0.25) is 5.91 Å². The largest absolute Gasteiger partial charge is 0.399 e. The molecule has 0 aliphatic rings. The summed E-state index contributed by atoms with van der Waals surface area (Å²) in [5.74, 6) is -0.0745. The van der Waals surface area contributed by atoms with Crippen LogP contribution in [-0.2, 0) is 18.4 Å². The minimum absolute atomic E-state index is 0.0745. The van der Waals surface area contributed by atoms with Crippen LogP contribution < -0.4 is 16.7 Å². The SMILES string of the molecule is CC(=O)NC(C)(C)CCn1c(=O)n(C)c2ccc(N)cc21. The quantitative estimate of drug-likeness (QED) is 0.831. The van der Waals surface area contributed by atoms with Crippen molar-refractivity contribution in [2.24, 2.45) is 7.05 Å². The van der Waals surface area contributed by atoms with Crippen molar-refractivity contribution in [2.75, 3.05) is 5.73 Å². The molecule has 1 heterocycles. The molecule has 21 heavy (non-hydrogen) atoms. The first-order valence-corrected chi connectivity index (χ1v) is 6.95. The maximum absolute atomic E-state index is 12.3. The fourth-order valence-corrected chi connectivity index (χ4v) is 2.57.